The molecule has 150 valence electrons. The summed E-state index contributed by atoms with van der Waals surface area (Å²) in [6.45, 7) is 6.05. The van der Waals surface area contributed by atoms with Crippen molar-refractivity contribution >= 4 is 17.7 Å². The number of amides is 3. The Balaban J connectivity index is 1.70. The van der Waals surface area contributed by atoms with Gasteiger partial charge in [0, 0.05) is 13.0 Å². The molecule has 3 N–H and O–H groups in total. The van der Waals surface area contributed by atoms with E-state index in [1.807, 2.05) is 6.92 Å². The number of ether oxygens (including phenoxy) is 1. The van der Waals surface area contributed by atoms with E-state index in [4.69, 9.17) is 9.15 Å². The molecular weight excluding hydrogens is 362 g/mol. The van der Waals surface area contributed by atoms with Gasteiger partial charge in [0.05, 0.1) is 17.7 Å². The second-order valence-electron chi connectivity index (χ2n) is 6.12. The van der Waals surface area contributed by atoms with Gasteiger partial charge in [-0.2, -0.15) is 0 Å². The fourth-order valence-electron chi connectivity index (χ4n) is 2.59. The van der Waals surface area contributed by atoms with Crippen molar-refractivity contribution < 1.29 is 23.5 Å². The number of hydrogen-bond acceptors (Lipinski definition) is 5. The van der Waals surface area contributed by atoms with Crippen molar-refractivity contribution in [3.8, 4) is 5.75 Å². The Hall–Kier alpha value is -3.29. The molecule has 2 rings (SSSR count). The topological polar surface area (TPSA) is 110 Å². The molecule has 0 bridgehead atoms. The number of aryl methyl sites for hydroxylation is 2. The van der Waals surface area contributed by atoms with Crippen molar-refractivity contribution in [1.29, 1.82) is 0 Å². The highest BCUT2D eigenvalue weighted by molar-refractivity contribution is 5.97. The lowest BCUT2D eigenvalue weighted by Crippen LogP contribution is -2.41. The van der Waals surface area contributed by atoms with Crippen molar-refractivity contribution in [2.24, 2.45) is 0 Å². The molecule has 1 aromatic carbocycles. The van der Waals surface area contributed by atoms with Gasteiger partial charge in [-0.1, -0.05) is 12.1 Å². The maximum absolute atomic E-state index is 12.2. The molecule has 0 aliphatic rings. The normalized spacial score (nSPS) is 10.2. The van der Waals surface area contributed by atoms with Gasteiger partial charge in [0.25, 0.3) is 11.8 Å². The molecule has 0 saturated heterocycles. The minimum absolute atomic E-state index is 0.150. The quantitative estimate of drug-likeness (QED) is 0.475. The van der Waals surface area contributed by atoms with Crippen molar-refractivity contribution in [3.05, 3.63) is 53.0 Å². The highest BCUT2D eigenvalue weighted by Gasteiger charge is 2.14. The summed E-state index contributed by atoms with van der Waals surface area (Å²) in [6.07, 6.45) is 0.575. The van der Waals surface area contributed by atoms with E-state index in [-0.39, 0.29) is 18.2 Å². The zero-order valence-corrected chi connectivity index (χ0v) is 16.3. The van der Waals surface area contributed by atoms with Crippen LogP contribution >= 0.6 is 0 Å². The Morgan fingerprint density at radius 3 is 2.46 bits per heavy atom. The molecule has 0 fully saturated rings. The molecule has 0 radical (unpaired) electrons. The molecule has 0 aliphatic heterocycles. The molecular formula is C20H25N3O5. The molecule has 8 heteroatoms. The van der Waals surface area contributed by atoms with E-state index in [2.05, 4.69) is 16.2 Å². The summed E-state index contributed by atoms with van der Waals surface area (Å²) < 4.78 is 10.7. The summed E-state index contributed by atoms with van der Waals surface area (Å²) in [7, 11) is 0. The molecule has 2 aromatic rings. The molecule has 0 atom stereocenters. The maximum atomic E-state index is 12.2. The lowest BCUT2D eigenvalue weighted by Gasteiger charge is -2.10. The largest absolute Gasteiger partial charge is 0.493 e. The monoisotopic (exact) mass is 387 g/mol. The van der Waals surface area contributed by atoms with Crippen LogP contribution in [0.15, 0.2) is 34.7 Å². The Labute approximate surface area is 163 Å². The van der Waals surface area contributed by atoms with Gasteiger partial charge in [-0.3, -0.25) is 25.2 Å². The zero-order chi connectivity index (χ0) is 20.5. The number of benzene rings is 1. The Kier molecular flexibility index (Phi) is 7.62. The summed E-state index contributed by atoms with van der Waals surface area (Å²) in [5.41, 5.74) is 5.52. The van der Waals surface area contributed by atoms with Crippen molar-refractivity contribution in [3.63, 3.8) is 0 Å². The third-order valence-electron chi connectivity index (χ3n) is 3.90. The fourth-order valence-corrected chi connectivity index (χ4v) is 2.59. The van der Waals surface area contributed by atoms with E-state index in [9.17, 15) is 14.4 Å². The number of carbonyl (C=O) groups is 3. The van der Waals surface area contributed by atoms with Gasteiger partial charge < -0.3 is 14.5 Å². The van der Waals surface area contributed by atoms with Gasteiger partial charge in [0.2, 0.25) is 5.91 Å². The molecule has 0 saturated carbocycles. The van der Waals surface area contributed by atoms with E-state index < -0.39 is 5.91 Å². The first-order chi connectivity index (χ1) is 13.4. The van der Waals surface area contributed by atoms with Crippen LogP contribution in [0, 0.1) is 13.8 Å². The minimum Gasteiger partial charge on any atom is -0.493 e. The van der Waals surface area contributed by atoms with E-state index in [1.54, 1.807) is 44.2 Å². The summed E-state index contributed by atoms with van der Waals surface area (Å²) in [6, 6.07) is 8.58. The van der Waals surface area contributed by atoms with Crippen LogP contribution in [-0.4, -0.2) is 30.9 Å². The predicted octanol–water partition coefficient (Wildman–Crippen LogP) is 2.27. The Bertz CT molecular complexity index is 844. The van der Waals surface area contributed by atoms with Gasteiger partial charge in [0.1, 0.15) is 17.3 Å². The number of nitrogens with one attached hydrogen (secondary N) is 3. The average molecular weight is 387 g/mol. The smallest absolute Gasteiger partial charge is 0.273 e. The molecule has 1 heterocycles. The van der Waals surface area contributed by atoms with Crippen LogP contribution < -0.4 is 20.9 Å². The predicted molar refractivity (Wildman–Crippen MR) is 103 cm³/mol. The van der Waals surface area contributed by atoms with E-state index >= 15 is 0 Å². The first-order valence-corrected chi connectivity index (χ1v) is 9.08. The van der Waals surface area contributed by atoms with Gasteiger partial charge in [0.15, 0.2) is 0 Å². The molecule has 0 spiro atoms. The highest BCUT2D eigenvalue weighted by atomic mass is 16.5. The second-order valence-corrected chi connectivity index (χ2v) is 6.12. The number of hydrazine groups is 1. The van der Waals surface area contributed by atoms with Crippen LogP contribution in [0.1, 0.15) is 52.0 Å². The van der Waals surface area contributed by atoms with Crippen LogP contribution in [0.4, 0.5) is 0 Å². The summed E-state index contributed by atoms with van der Waals surface area (Å²) in [5, 5.41) is 2.76. The van der Waals surface area contributed by atoms with Crippen molar-refractivity contribution in [2.45, 2.75) is 33.6 Å². The van der Waals surface area contributed by atoms with Crippen LogP contribution in [0.2, 0.25) is 0 Å². The fraction of sp³-hybridized carbons (Fsp3) is 0.350. The van der Waals surface area contributed by atoms with Gasteiger partial charge >= 0.3 is 0 Å². The lowest BCUT2D eigenvalue weighted by atomic mass is 10.2. The Morgan fingerprint density at radius 2 is 1.79 bits per heavy atom. The SMILES string of the molecule is CCOc1ccccc1C(=O)NCCCC(=O)NNC(=O)c1cc(C)oc1C. The van der Waals surface area contributed by atoms with Crippen molar-refractivity contribution in [1.82, 2.24) is 16.2 Å². The third kappa shape index (κ3) is 5.87. The summed E-state index contributed by atoms with van der Waals surface area (Å²) in [4.78, 5) is 36.1. The number of para-hydroxylation sites is 1. The molecule has 28 heavy (non-hydrogen) atoms. The van der Waals surface area contributed by atoms with Gasteiger partial charge in [-0.15, -0.1) is 0 Å². The number of rotatable bonds is 8. The Morgan fingerprint density at radius 1 is 1.04 bits per heavy atom. The third-order valence-corrected chi connectivity index (χ3v) is 3.90. The van der Waals surface area contributed by atoms with E-state index in [0.29, 0.717) is 48.0 Å². The van der Waals surface area contributed by atoms with E-state index in [1.165, 1.54) is 0 Å². The van der Waals surface area contributed by atoms with Crippen LogP contribution in [0.5, 0.6) is 5.75 Å². The molecule has 0 unspecified atom stereocenters. The number of hydrogen-bond donors (Lipinski definition) is 3. The highest BCUT2D eigenvalue weighted by Crippen LogP contribution is 2.17. The lowest BCUT2D eigenvalue weighted by molar-refractivity contribution is -0.121. The van der Waals surface area contributed by atoms with Gasteiger partial charge in [-0.05, 0) is 45.4 Å². The molecule has 0 aliphatic carbocycles. The average Bonchev–Trinajstić information content (AvgIpc) is 3.02. The van der Waals surface area contributed by atoms with Crippen molar-refractivity contribution in [2.75, 3.05) is 13.2 Å². The first kappa shape index (κ1) is 21.0. The van der Waals surface area contributed by atoms with Crippen LogP contribution in [0.25, 0.3) is 0 Å². The standard InChI is InChI=1S/C20H25N3O5/c1-4-27-17-9-6-5-8-15(17)19(25)21-11-7-10-18(24)22-23-20(26)16-12-13(2)28-14(16)3/h5-6,8-9,12H,4,7,10-11H2,1-3H3,(H,21,25)(H,22,24)(H,23,26). The molecule has 8 nitrogen and oxygen atoms in total. The van der Waals surface area contributed by atoms with E-state index in [0.717, 1.165) is 0 Å². The number of furan rings is 1. The minimum atomic E-state index is -0.441. The van der Waals surface area contributed by atoms with Crippen LogP contribution in [0.3, 0.4) is 0 Å². The summed E-state index contributed by atoms with van der Waals surface area (Å²) >= 11 is 0. The second kappa shape index (κ2) is 10.1. The maximum Gasteiger partial charge on any atom is 0.273 e. The first-order valence-electron chi connectivity index (χ1n) is 9.08. The zero-order valence-electron chi connectivity index (χ0n) is 16.3. The molecule has 1 aromatic heterocycles. The van der Waals surface area contributed by atoms with Gasteiger partial charge in [-0.25, -0.2) is 0 Å². The summed E-state index contributed by atoms with van der Waals surface area (Å²) in [5.74, 6) is 0.574. The number of carbonyl (C=O) groups excluding carboxylic acids is 3. The van der Waals surface area contributed by atoms with Crippen LogP contribution in [-0.2, 0) is 4.79 Å². The molecule has 3 amide bonds.